The van der Waals surface area contributed by atoms with E-state index in [9.17, 15) is 14.0 Å². The van der Waals surface area contributed by atoms with Crippen LogP contribution >= 0.6 is 0 Å². The lowest BCUT2D eigenvalue weighted by molar-refractivity contribution is -0.135. The predicted octanol–water partition coefficient (Wildman–Crippen LogP) is 2.17. The third-order valence-electron chi connectivity index (χ3n) is 6.75. The van der Waals surface area contributed by atoms with Crippen LogP contribution in [0.5, 0.6) is 0 Å². The fourth-order valence-corrected chi connectivity index (χ4v) is 4.76. The van der Waals surface area contributed by atoms with E-state index in [1.807, 2.05) is 0 Å². The summed E-state index contributed by atoms with van der Waals surface area (Å²) in [7, 11) is 1.76. The van der Waals surface area contributed by atoms with Gasteiger partial charge >= 0.3 is 0 Å². The van der Waals surface area contributed by atoms with E-state index in [0.29, 0.717) is 24.5 Å². The molecular weight excluding hydrogens is 399 g/mol. The molecule has 1 aliphatic carbocycles. The van der Waals surface area contributed by atoms with Gasteiger partial charge in [-0.2, -0.15) is 0 Å². The molecule has 1 unspecified atom stereocenters. The molecule has 1 atom stereocenters. The van der Waals surface area contributed by atoms with Crippen molar-refractivity contribution in [2.75, 3.05) is 46.4 Å². The number of ether oxygens (including phenoxy) is 1. The van der Waals surface area contributed by atoms with Gasteiger partial charge in [0, 0.05) is 64.4 Å². The van der Waals surface area contributed by atoms with Crippen LogP contribution in [0.15, 0.2) is 18.3 Å². The van der Waals surface area contributed by atoms with E-state index >= 15 is 0 Å². The maximum Gasteiger partial charge on any atom is 0.272 e. The molecule has 3 heterocycles. The van der Waals surface area contributed by atoms with Crippen molar-refractivity contribution in [1.82, 2.24) is 19.7 Å². The standard InChI is InChI=1S/C23H33FN4O3/c1-26(23(30)21-7-6-18(24)15-25-21)11-12-28(19-8-13-31-14-9-19)20-3-2-10-27(16-20)22(29)17-4-5-17/h6-7,15,17,19-20H,2-5,8-14,16H2,1H3. The van der Waals surface area contributed by atoms with Crippen LogP contribution in [0.25, 0.3) is 0 Å². The largest absolute Gasteiger partial charge is 0.381 e. The van der Waals surface area contributed by atoms with Crippen molar-refractivity contribution >= 4 is 11.8 Å². The van der Waals surface area contributed by atoms with E-state index in [-0.39, 0.29) is 17.5 Å². The highest BCUT2D eigenvalue weighted by molar-refractivity contribution is 5.92. The Bertz CT molecular complexity index is 765. The van der Waals surface area contributed by atoms with Gasteiger partial charge in [0.1, 0.15) is 11.5 Å². The SMILES string of the molecule is CN(CCN(C1CCOCC1)C1CCCN(C(=O)C2CC2)C1)C(=O)c1ccc(F)cn1. The number of carbonyl (C=O) groups excluding carboxylic acids is 2. The first-order valence-electron chi connectivity index (χ1n) is 11.5. The number of rotatable bonds is 7. The molecule has 8 heteroatoms. The van der Waals surface area contributed by atoms with Crippen LogP contribution in [-0.4, -0.2) is 90.0 Å². The van der Waals surface area contributed by atoms with Gasteiger partial charge in [-0.1, -0.05) is 0 Å². The maximum atomic E-state index is 13.1. The summed E-state index contributed by atoms with van der Waals surface area (Å²) in [6.07, 6.45) is 7.19. The van der Waals surface area contributed by atoms with Crippen molar-refractivity contribution in [3.63, 3.8) is 0 Å². The summed E-state index contributed by atoms with van der Waals surface area (Å²) >= 11 is 0. The molecule has 31 heavy (non-hydrogen) atoms. The van der Waals surface area contributed by atoms with Gasteiger partial charge in [-0.15, -0.1) is 0 Å². The summed E-state index contributed by atoms with van der Waals surface area (Å²) in [5.74, 6) is -0.0813. The van der Waals surface area contributed by atoms with E-state index in [1.54, 1.807) is 11.9 Å². The van der Waals surface area contributed by atoms with Gasteiger partial charge in [0.15, 0.2) is 0 Å². The zero-order valence-corrected chi connectivity index (χ0v) is 18.3. The molecule has 0 radical (unpaired) electrons. The van der Waals surface area contributed by atoms with Crippen LogP contribution in [0.3, 0.4) is 0 Å². The van der Waals surface area contributed by atoms with Crippen LogP contribution in [0, 0.1) is 11.7 Å². The molecule has 1 aromatic rings. The van der Waals surface area contributed by atoms with E-state index in [4.69, 9.17) is 4.74 Å². The molecular formula is C23H33FN4O3. The normalized spacial score (nSPS) is 22.5. The molecule has 0 N–H and O–H groups in total. The number of pyridine rings is 1. The number of amides is 2. The second-order valence-corrected chi connectivity index (χ2v) is 9.02. The molecule has 0 aromatic carbocycles. The number of likely N-dealkylation sites (N-methyl/N-ethyl adjacent to an activating group) is 1. The summed E-state index contributed by atoms with van der Waals surface area (Å²) in [6.45, 7) is 4.46. The highest BCUT2D eigenvalue weighted by Gasteiger charge is 2.38. The van der Waals surface area contributed by atoms with Crippen LogP contribution in [-0.2, 0) is 9.53 Å². The average molecular weight is 433 g/mol. The number of aromatic nitrogens is 1. The number of nitrogens with zero attached hydrogens (tertiary/aromatic N) is 4. The third kappa shape index (κ3) is 5.60. The number of piperidine rings is 1. The smallest absolute Gasteiger partial charge is 0.272 e. The van der Waals surface area contributed by atoms with Gasteiger partial charge in [-0.25, -0.2) is 9.37 Å². The number of carbonyl (C=O) groups is 2. The lowest BCUT2D eigenvalue weighted by Gasteiger charge is -2.44. The van der Waals surface area contributed by atoms with Gasteiger partial charge in [-0.05, 0) is 50.7 Å². The number of hydrogen-bond donors (Lipinski definition) is 0. The maximum absolute atomic E-state index is 13.1. The topological polar surface area (TPSA) is 66.0 Å². The minimum Gasteiger partial charge on any atom is -0.381 e. The van der Waals surface area contributed by atoms with Crippen LogP contribution in [0.4, 0.5) is 4.39 Å². The Morgan fingerprint density at radius 3 is 2.58 bits per heavy atom. The van der Waals surface area contributed by atoms with Crippen molar-refractivity contribution in [3.05, 3.63) is 29.8 Å². The van der Waals surface area contributed by atoms with Gasteiger partial charge in [0.25, 0.3) is 5.91 Å². The van der Waals surface area contributed by atoms with Crippen molar-refractivity contribution in [3.8, 4) is 0 Å². The molecule has 3 fully saturated rings. The van der Waals surface area contributed by atoms with Crippen molar-refractivity contribution in [1.29, 1.82) is 0 Å². The van der Waals surface area contributed by atoms with Gasteiger partial charge < -0.3 is 14.5 Å². The zero-order chi connectivity index (χ0) is 21.8. The third-order valence-corrected chi connectivity index (χ3v) is 6.75. The molecule has 170 valence electrons. The molecule has 0 bridgehead atoms. The molecule has 2 aliphatic heterocycles. The molecule has 7 nitrogen and oxygen atoms in total. The van der Waals surface area contributed by atoms with E-state index in [1.165, 1.54) is 12.1 Å². The van der Waals surface area contributed by atoms with Crippen molar-refractivity contribution in [2.24, 2.45) is 5.92 Å². The van der Waals surface area contributed by atoms with Crippen LogP contribution < -0.4 is 0 Å². The molecule has 2 saturated heterocycles. The Labute approximate surface area is 183 Å². The summed E-state index contributed by atoms with van der Waals surface area (Å²) in [4.78, 5) is 35.5. The Kier molecular flexibility index (Phi) is 7.17. The summed E-state index contributed by atoms with van der Waals surface area (Å²) in [5, 5.41) is 0. The first-order chi connectivity index (χ1) is 15.0. The first-order valence-corrected chi connectivity index (χ1v) is 11.5. The second kappa shape index (κ2) is 10.0. The van der Waals surface area contributed by atoms with Gasteiger partial charge in [-0.3, -0.25) is 14.5 Å². The zero-order valence-electron chi connectivity index (χ0n) is 18.3. The molecule has 1 saturated carbocycles. The summed E-state index contributed by atoms with van der Waals surface area (Å²) in [6, 6.07) is 3.40. The molecule has 2 amide bonds. The second-order valence-electron chi connectivity index (χ2n) is 9.02. The fraction of sp³-hybridized carbons (Fsp3) is 0.696. The van der Waals surface area contributed by atoms with E-state index in [0.717, 1.165) is 77.6 Å². The van der Waals surface area contributed by atoms with Crippen LogP contribution in [0.2, 0.25) is 0 Å². The Hall–Kier alpha value is -2.06. The van der Waals surface area contributed by atoms with Crippen molar-refractivity contribution < 1.29 is 18.7 Å². The molecule has 1 aromatic heterocycles. The highest BCUT2D eigenvalue weighted by atomic mass is 19.1. The number of likely N-dealkylation sites (tertiary alicyclic amines) is 1. The average Bonchev–Trinajstić information content (AvgIpc) is 3.65. The summed E-state index contributed by atoms with van der Waals surface area (Å²) in [5.41, 5.74) is 0.250. The Balaban J connectivity index is 1.40. The lowest BCUT2D eigenvalue weighted by Crippen LogP contribution is -2.55. The fourth-order valence-electron chi connectivity index (χ4n) is 4.76. The lowest BCUT2D eigenvalue weighted by atomic mass is 9.98. The quantitative estimate of drug-likeness (QED) is 0.661. The number of halogens is 1. The molecule has 0 spiro atoms. The number of hydrogen-bond acceptors (Lipinski definition) is 5. The minimum atomic E-state index is -0.451. The van der Waals surface area contributed by atoms with E-state index < -0.39 is 5.82 Å². The van der Waals surface area contributed by atoms with E-state index in [2.05, 4.69) is 14.8 Å². The van der Waals surface area contributed by atoms with Crippen molar-refractivity contribution in [2.45, 2.75) is 50.6 Å². The predicted molar refractivity (Wildman–Crippen MR) is 114 cm³/mol. The Morgan fingerprint density at radius 2 is 1.90 bits per heavy atom. The monoisotopic (exact) mass is 432 g/mol. The van der Waals surface area contributed by atoms with Crippen LogP contribution in [0.1, 0.15) is 49.0 Å². The van der Waals surface area contributed by atoms with Gasteiger partial charge in [0.2, 0.25) is 5.91 Å². The summed E-state index contributed by atoms with van der Waals surface area (Å²) < 4.78 is 18.7. The molecule has 4 rings (SSSR count). The first kappa shape index (κ1) is 22.1. The van der Waals surface area contributed by atoms with Gasteiger partial charge in [0.05, 0.1) is 6.20 Å². The minimum absolute atomic E-state index is 0.207. The Morgan fingerprint density at radius 1 is 1.13 bits per heavy atom. The molecule has 3 aliphatic rings. The highest BCUT2D eigenvalue weighted by Crippen LogP contribution is 2.33.